The van der Waals surface area contributed by atoms with Crippen LogP contribution in [0.15, 0.2) is 23.2 Å². The molecule has 0 radical (unpaired) electrons. The molecule has 0 aliphatic carbocycles. The second kappa shape index (κ2) is 12.3. The highest BCUT2D eigenvalue weighted by molar-refractivity contribution is 14.0. The Morgan fingerprint density at radius 3 is 2.83 bits per heavy atom. The number of pyridine rings is 1. The van der Waals surface area contributed by atoms with Gasteiger partial charge in [-0.2, -0.15) is 0 Å². The normalized spacial score (nSPS) is 15.5. The van der Waals surface area contributed by atoms with Gasteiger partial charge in [0.05, 0.1) is 32.6 Å². The van der Waals surface area contributed by atoms with Gasteiger partial charge in [-0.15, -0.1) is 24.0 Å². The molecule has 1 aromatic rings. The largest absolute Gasteiger partial charge is 0.481 e. The Bertz CT molecular complexity index is 495. The molecule has 2 rings (SSSR count). The van der Waals surface area contributed by atoms with Crippen LogP contribution in [0.1, 0.15) is 12.6 Å². The number of hydrogen-bond acceptors (Lipinski definition) is 5. The molecule has 136 valence electrons. The molecule has 0 bridgehead atoms. The Labute approximate surface area is 161 Å². The molecule has 1 fully saturated rings. The van der Waals surface area contributed by atoms with Crippen molar-refractivity contribution < 1.29 is 9.47 Å². The van der Waals surface area contributed by atoms with Crippen LogP contribution in [0.4, 0.5) is 0 Å². The average molecular weight is 449 g/mol. The molecule has 1 aliphatic rings. The summed E-state index contributed by atoms with van der Waals surface area (Å²) in [7, 11) is 1.62. The van der Waals surface area contributed by atoms with Crippen molar-refractivity contribution in [2.45, 2.75) is 13.5 Å². The van der Waals surface area contributed by atoms with Gasteiger partial charge in [-0.25, -0.2) is 9.98 Å². The fourth-order valence-corrected chi connectivity index (χ4v) is 2.32. The van der Waals surface area contributed by atoms with Gasteiger partial charge in [0, 0.05) is 38.8 Å². The first-order chi connectivity index (χ1) is 11.3. The zero-order chi connectivity index (χ0) is 16.3. The van der Waals surface area contributed by atoms with Crippen LogP contribution in [0.2, 0.25) is 0 Å². The second-order valence-corrected chi connectivity index (χ2v) is 5.25. The van der Waals surface area contributed by atoms with Gasteiger partial charge >= 0.3 is 0 Å². The number of morpholine rings is 1. The van der Waals surface area contributed by atoms with Crippen molar-refractivity contribution in [2.75, 3.05) is 53.0 Å². The minimum Gasteiger partial charge on any atom is -0.481 e. The summed E-state index contributed by atoms with van der Waals surface area (Å²) < 4.78 is 10.5. The van der Waals surface area contributed by atoms with E-state index in [4.69, 9.17) is 9.47 Å². The lowest BCUT2D eigenvalue weighted by Gasteiger charge is -2.26. The zero-order valence-corrected chi connectivity index (χ0v) is 16.8. The molecule has 0 spiro atoms. The van der Waals surface area contributed by atoms with E-state index in [1.807, 2.05) is 18.2 Å². The average Bonchev–Trinajstić information content (AvgIpc) is 2.61. The van der Waals surface area contributed by atoms with E-state index in [1.165, 1.54) is 0 Å². The number of aliphatic imine (C=N–C) groups is 1. The highest BCUT2D eigenvalue weighted by atomic mass is 127. The third-order valence-corrected chi connectivity index (χ3v) is 3.56. The molecule has 1 aliphatic heterocycles. The van der Waals surface area contributed by atoms with Gasteiger partial charge in [0.25, 0.3) is 0 Å². The summed E-state index contributed by atoms with van der Waals surface area (Å²) in [6.45, 7) is 8.92. The molecule has 0 atom stereocenters. The zero-order valence-electron chi connectivity index (χ0n) is 14.5. The number of nitrogens with one attached hydrogen (secondary N) is 2. The third kappa shape index (κ3) is 7.63. The van der Waals surface area contributed by atoms with Crippen LogP contribution in [0.3, 0.4) is 0 Å². The van der Waals surface area contributed by atoms with E-state index in [1.54, 1.807) is 7.11 Å². The van der Waals surface area contributed by atoms with Gasteiger partial charge in [0.1, 0.15) is 0 Å². The van der Waals surface area contributed by atoms with Crippen molar-refractivity contribution in [2.24, 2.45) is 4.99 Å². The molecule has 7 nitrogen and oxygen atoms in total. The number of ether oxygens (including phenoxy) is 2. The van der Waals surface area contributed by atoms with Gasteiger partial charge in [-0.1, -0.05) is 6.07 Å². The molecule has 1 aromatic heterocycles. The Morgan fingerprint density at radius 1 is 1.33 bits per heavy atom. The van der Waals surface area contributed by atoms with Crippen LogP contribution >= 0.6 is 24.0 Å². The predicted molar refractivity (Wildman–Crippen MR) is 106 cm³/mol. The molecule has 1 saturated heterocycles. The fourth-order valence-electron chi connectivity index (χ4n) is 2.32. The summed E-state index contributed by atoms with van der Waals surface area (Å²) in [5.41, 5.74) is 0.884. The van der Waals surface area contributed by atoms with E-state index in [2.05, 4.69) is 32.4 Å². The van der Waals surface area contributed by atoms with Gasteiger partial charge < -0.3 is 20.1 Å². The van der Waals surface area contributed by atoms with Crippen molar-refractivity contribution in [1.82, 2.24) is 20.5 Å². The number of hydrogen-bond donors (Lipinski definition) is 2. The highest BCUT2D eigenvalue weighted by Gasteiger charge is 2.09. The van der Waals surface area contributed by atoms with E-state index >= 15 is 0 Å². The first-order valence-electron chi connectivity index (χ1n) is 8.14. The summed E-state index contributed by atoms with van der Waals surface area (Å²) in [5, 5.41) is 6.62. The lowest BCUT2D eigenvalue weighted by molar-refractivity contribution is 0.0389. The molecular weight excluding hydrogens is 421 g/mol. The van der Waals surface area contributed by atoms with Crippen molar-refractivity contribution in [3.05, 3.63) is 23.9 Å². The van der Waals surface area contributed by atoms with Gasteiger partial charge in [-0.05, 0) is 13.0 Å². The molecular formula is C16H28IN5O2. The number of halogens is 1. The molecule has 2 heterocycles. The van der Waals surface area contributed by atoms with Gasteiger partial charge in [-0.3, -0.25) is 4.90 Å². The maximum Gasteiger partial charge on any atom is 0.213 e. The van der Waals surface area contributed by atoms with Crippen molar-refractivity contribution in [1.29, 1.82) is 0 Å². The minimum absolute atomic E-state index is 0. The molecule has 24 heavy (non-hydrogen) atoms. The standard InChI is InChI=1S/C16H27N5O2.HI/c1-3-17-16(18-7-8-21-9-11-23-12-10-21)19-13-14-5-4-6-15(20-14)22-2;/h4-6H,3,7-13H2,1-2H3,(H2,17,18,19);1H. The van der Waals surface area contributed by atoms with E-state index < -0.39 is 0 Å². The van der Waals surface area contributed by atoms with E-state index in [9.17, 15) is 0 Å². The van der Waals surface area contributed by atoms with Crippen LogP contribution in [0.25, 0.3) is 0 Å². The Morgan fingerprint density at radius 2 is 2.12 bits per heavy atom. The minimum atomic E-state index is 0. The number of aromatic nitrogens is 1. The van der Waals surface area contributed by atoms with Crippen LogP contribution in [-0.4, -0.2) is 68.9 Å². The number of methoxy groups -OCH3 is 1. The highest BCUT2D eigenvalue weighted by Crippen LogP contribution is 2.07. The number of guanidine groups is 1. The van der Waals surface area contributed by atoms with Gasteiger partial charge in [0.15, 0.2) is 5.96 Å². The Balaban J connectivity index is 0.00000288. The van der Waals surface area contributed by atoms with Gasteiger partial charge in [0.2, 0.25) is 5.88 Å². The molecule has 0 aromatic carbocycles. The fraction of sp³-hybridized carbons (Fsp3) is 0.625. The SMILES string of the molecule is CCNC(=NCc1cccc(OC)n1)NCCN1CCOCC1.I. The van der Waals surface area contributed by atoms with Crippen molar-refractivity contribution in [3.8, 4) is 5.88 Å². The third-order valence-electron chi connectivity index (χ3n) is 3.56. The predicted octanol–water partition coefficient (Wildman–Crippen LogP) is 1.10. The summed E-state index contributed by atoms with van der Waals surface area (Å²) >= 11 is 0. The summed E-state index contributed by atoms with van der Waals surface area (Å²) in [6, 6.07) is 5.71. The molecule has 8 heteroatoms. The van der Waals surface area contributed by atoms with Crippen LogP contribution in [0, 0.1) is 0 Å². The van der Waals surface area contributed by atoms with Crippen LogP contribution < -0.4 is 15.4 Å². The first kappa shape index (κ1) is 20.9. The van der Waals surface area contributed by atoms with Crippen LogP contribution in [0.5, 0.6) is 5.88 Å². The molecule has 0 amide bonds. The van der Waals surface area contributed by atoms with Crippen molar-refractivity contribution in [3.63, 3.8) is 0 Å². The van der Waals surface area contributed by atoms with Crippen molar-refractivity contribution >= 4 is 29.9 Å². The van der Waals surface area contributed by atoms with E-state index in [0.29, 0.717) is 12.4 Å². The first-order valence-corrected chi connectivity index (χ1v) is 8.14. The Kier molecular flexibility index (Phi) is 10.7. The number of nitrogens with zero attached hydrogens (tertiary/aromatic N) is 3. The molecule has 2 N–H and O–H groups in total. The van der Waals surface area contributed by atoms with E-state index in [0.717, 1.165) is 57.6 Å². The molecule has 0 unspecified atom stereocenters. The maximum absolute atomic E-state index is 5.36. The number of rotatable bonds is 7. The maximum atomic E-state index is 5.36. The molecule has 0 saturated carbocycles. The van der Waals surface area contributed by atoms with E-state index in [-0.39, 0.29) is 24.0 Å². The monoisotopic (exact) mass is 449 g/mol. The summed E-state index contributed by atoms with van der Waals surface area (Å²) in [5.74, 6) is 1.42. The quantitative estimate of drug-likeness (QED) is 0.369. The second-order valence-electron chi connectivity index (χ2n) is 5.25. The van der Waals surface area contributed by atoms with Crippen LogP contribution in [-0.2, 0) is 11.3 Å². The lowest BCUT2D eigenvalue weighted by atomic mass is 10.3. The summed E-state index contributed by atoms with van der Waals surface area (Å²) in [6.07, 6.45) is 0. The summed E-state index contributed by atoms with van der Waals surface area (Å²) in [4.78, 5) is 11.3. The smallest absolute Gasteiger partial charge is 0.213 e. The Hall–Kier alpha value is -1.13. The lowest BCUT2D eigenvalue weighted by Crippen LogP contribution is -2.44. The topological polar surface area (TPSA) is 71.0 Å².